The zero-order chi connectivity index (χ0) is 18.4. The molecule has 9 heteroatoms. The number of methoxy groups -OCH3 is 1. The molecule has 0 spiro atoms. The fraction of sp³-hybridized carbons (Fsp3) is 0.0588. The predicted octanol–water partition coefficient (Wildman–Crippen LogP) is 2.98. The fourth-order valence-corrected chi connectivity index (χ4v) is 4.63. The first-order chi connectivity index (χ1) is 12.5. The number of hydrogen-bond acceptors (Lipinski definition) is 6. The highest BCUT2D eigenvalue weighted by Crippen LogP contribution is 2.33. The number of ether oxygens (including phenoxy) is 1. The average molecular weight is 479 g/mol. The molecule has 2 heterocycles. The number of hydrogen-bond donors (Lipinski definition) is 0. The molecule has 4 rings (SSSR count). The van der Waals surface area contributed by atoms with Crippen LogP contribution >= 0.6 is 33.9 Å². The lowest BCUT2D eigenvalue weighted by molar-refractivity contribution is -0.385. The summed E-state index contributed by atoms with van der Waals surface area (Å²) in [5.41, 5.74) is 1.75. The smallest absolute Gasteiger partial charge is 0.312 e. The van der Waals surface area contributed by atoms with E-state index in [1.807, 2.05) is 46.9 Å². The molecule has 130 valence electrons. The largest absolute Gasteiger partial charge is 0.489 e. The lowest BCUT2D eigenvalue weighted by Gasteiger charge is -2.05. The molecule has 0 fully saturated rings. The van der Waals surface area contributed by atoms with Crippen molar-refractivity contribution in [1.29, 1.82) is 0 Å². The van der Waals surface area contributed by atoms with Gasteiger partial charge in [0.05, 0.1) is 31.2 Å². The summed E-state index contributed by atoms with van der Waals surface area (Å²) >= 11 is 3.23. The minimum atomic E-state index is -0.495. The molecule has 0 aliphatic rings. The van der Waals surface area contributed by atoms with Gasteiger partial charge in [-0.05, 0) is 52.4 Å². The van der Waals surface area contributed by atoms with Crippen LogP contribution in [-0.2, 0) is 0 Å². The zero-order valence-corrected chi connectivity index (χ0v) is 16.3. The monoisotopic (exact) mass is 479 g/mol. The van der Waals surface area contributed by atoms with E-state index >= 15 is 0 Å². The molecular weight excluding hydrogens is 469 g/mol. The third-order valence-corrected chi connectivity index (χ3v) is 5.66. The average Bonchev–Trinajstić information content (AvgIpc) is 3.11. The van der Waals surface area contributed by atoms with Gasteiger partial charge < -0.3 is 4.74 Å². The molecule has 0 radical (unpaired) electrons. The van der Waals surface area contributed by atoms with Gasteiger partial charge in [-0.2, -0.15) is 0 Å². The molecule has 26 heavy (non-hydrogen) atoms. The second kappa shape index (κ2) is 6.32. The van der Waals surface area contributed by atoms with Gasteiger partial charge in [-0.3, -0.25) is 14.9 Å². The second-order valence-electron chi connectivity index (χ2n) is 5.45. The molecule has 7 nitrogen and oxygen atoms in total. The van der Waals surface area contributed by atoms with Gasteiger partial charge in [-0.1, -0.05) is 23.5 Å². The highest BCUT2D eigenvalue weighted by atomic mass is 127. The standard InChI is InChI=1S/C17H10IN3O4S/c1-25-15-10(18)6-9(7-13(15)21(23)24)8-14-16(22)20-12-5-3-2-4-11(12)19-17(20)26-14/h2-8H,1H3/b14-8-. The van der Waals surface area contributed by atoms with Gasteiger partial charge in [-0.15, -0.1) is 0 Å². The molecule has 0 N–H and O–H groups in total. The number of imidazole rings is 1. The second-order valence-corrected chi connectivity index (χ2v) is 7.62. The van der Waals surface area contributed by atoms with Gasteiger partial charge >= 0.3 is 5.69 Å². The normalized spacial score (nSPS) is 12.2. The topological polar surface area (TPSA) is 86.7 Å². The van der Waals surface area contributed by atoms with Gasteiger partial charge in [0.1, 0.15) is 0 Å². The summed E-state index contributed by atoms with van der Waals surface area (Å²) in [5, 5.41) is 11.3. The Kier molecular flexibility index (Phi) is 4.11. The van der Waals surface area contributed by atoms with Crippen LogP contribution in [0.2, 0.25) is 0 Å². The molecule has 0 aliphatic carbocycles. The Morgan fingerprint density at radius 3 is 2.85 bits per heavy atom. The number of halogens is 1. The molecule has 0 aliphatic heterocycles. The first-order valence-electron chi connectivity index (χ1n) is 7.43. The summed E-state index contributed by atoms with van der Waals surface area (Å²) in [4.78, 5) is 28.6. The van der Waals surface area contributed by atoms with Crippen LogP contribution in [0.1, 0.15) is 5.56 Å². The van der Waals surface area contributed by atoms with Crippen molar-refractivity contribution in [2.45, 2.75) is 0 Å². The van der Waals surface area contributed by atoms with E-state index < -0.39 is 4.92 Å². The van der Waals surface area contributed by atoms with Gasteiger partial charge in [0.2, 0.25) is 5.75 Å². The Balaban J connectivity index is 1.96. The molecule has 2 aromatic carbocycles. The van der Waals surface area contributed by atoms with E-state index in [4.69, 9.17) is 4.74 Å². The number of benzene rings is 2. The Morgan fingerprint density at radius 2 is 2.12 bits per heavy atom. The molecule has 0 saturated carbocycles. The number of nitro benzene ring substituents is 1. The van der Waals surface area contributed by atoms with Crippen LogP contribution in [0.3, 0.4) is 0 Å². The van der Waals surface area contributed by atoms with Crippen LogP contribution in [0.5, 0.6) is 5.75 Å². The van der Waals surface area contributed by atoms with E-state index in [9.17, 15) is 14.9 Å². The summed E-state index contributed by atoms with van der Waals surface area (Å²) in [5.74, 6) is 0.210. The van der Waals surface area contributed by atoms with Gasteiger partial charge in [0.15, 0.2) is 4.96 Å². The van der Waals surface area contributed by atoms with Crippen LogP contribution < -0.4 is 14.8 Å². The van der Waals surface area contributed by atoms with Crippen molar-refractivity contribution in [2.24, 2.45) is 0 Å². The maximum Gasteiger partial charge on any atom is 0.312 e. The lowest BCUT2D eigenvalue weighted by Crippen LogP contribution is -2.22. The van der Waals surface area contributed by atoms with Crippen molar-refractivity contribution in [3.05, 3.63) is 70.5 Å². The van der Waals surface area contributed by atoms with E-state index in [1.165, 1.54) is 24.5 Å². The van der Waals surface area contributed by atoms with Crippen molar-refractivity contribution >= 4 is 61.7 Å². The summed E-state index contributed by atoms with van der Waals surface area (Å²) < 4.78 is 7.75. The van der Waals surface area contributed by atoms with Gasteiger partial charge in [0.25, 0.3) is 5.56 Å². The Bertz CT molecular complexity index is 1300. The number of fused-ring (bicyclic) bond motifs is 3. The van der Waals surface area contributed by atoms with Crippen LogP contribution in [0.4, 0.5) is 5.69 Å². The van der Waals surface area contributed by atoms with Gasteiger partial charge in [0, 0.05) is 6.07 Å². The molecule has 4 aromatic rings. The first kappa shape index (κ1) is 16.9. The van der Waals surface area contributed by atoms with Crippen molar-refractivity contribution < 1.29 is 9.66 Å². The zero-order valence-electron chi connectivity index (χ0n) is 13.3. The minimum absolute atomic E-state index is 0.134. The summed E-state index contributed by atoms with van der Waals surface area (Å²) in [6.45, 7) is 0. The van der Waals surface area contributed by atoms with E-state index in [2.05, 4.69) is 4.98 Å². The Hall–Kier alpha value is -2.53. The molecule has 0 bridgehead atoms. The van der Waals surface area contributed by atoms with E-state index in [0.717, 1.165) is 11.0 Å². The Labute approximate surface area is 163 Å². The summed E-state index contributed by atoms with van der Waals surface area (Å²) in [6, 6.07) is 10.6. The SMILES string of the molecule is COc1c(I)cc(/C=c2\sc3nc4ccccc4n3c2=O)cc1[N+](=O)[O-]. The van der Waals surface area contributed by atoms with Gasteiger partial charge in [-0.25, -0.2) is 9.38 Å². The lowest BCUT2D eigenvalue weighted by atomic mass is 10.2. The van der Waals surface area contributed by atoms with Crippen molar-refractivity contribution in [3.63, 3.8) is 0 Å². The Morgan fingerprint density at radius 1 is 1.35 bits per heavy atom. The fourth-order valence-electron chi connectivity index (χ4n) is 2.78. The number of nitro groups is 1. The van der Waals surface area contributed by atoms with Crippen molar-refractivity contribution in [2.75, 3.05) is 7.11 Å². The van der Waals surface area contributed by atoms with Crippen molar-refractivity contribution in [1.82, 2.24) is 9.38 Å². The molecule has 2 aromatic heterocycles. The minimum Gasteiger partial charge on any atom is -0.489 e. The van der Waals surface area contributed by atoms with Crippen molar-refractivity contribution in [3.8, 4) is 5.75 Å². The molecular formula is C17H10IN3O4S. The van der Waals surface area contributed by atoms with Crippen LogP contribution in [0.25, 0.3) is 22.1 Å². The number of aromatic nitrogens is 2. The quantitative estimate of drug-likeness (QED) is 0.256. The molecule has 0 amide bonds. The number of nitrogens with zero attached hydrogens (tertiary/aromatic N) is 3. The van der Waals surface area contributed by atoms with Crippen LogP contribution in [0, 0.1) is 13.7 Å². The summed E-state index contributed by atoms with van der Waals surface area (Å²) in [6.07, 6.45) is 1.64. The first-order valence-corrected chi connectivity index (χ1v) is 9.33. The predicted molar refractivity (Wildman–Crippen MR) is 108 cm³/mol. The van der Waals surface area contributed by atoms with Crippen LogP contribution in [-0.4, -0.2) is 21.4 Å². The maximum absolute atomic E-state index is 12.8. The maximum atomic E-state index is 12.8. The van der Waals surface area contributed by atoms with E-state index in [-0.39, 0.29) is 17.0 Å². The van der Waals surface area contributed by atoms with Crippen LogP contribution in [0.15, 0.2) is 41.2 Å². The summed E-state index contributed by atoms with van der Waals surface area (Å²) in [7, 11) is 1.39. The van der Waals surface area contributed by atoms with E-state index in [0.29, 0.717) is 18.6 Å². The number of rotatable bonds is 3. The molecule has 0 saturated heterocycles. The molecule has 0 unspecified atom stereocenters. The highest BCUT2D eigenvalue weighted by molar-refractivity contribution is 14.1. The third-order valence-electron chi connectivity index (χ3n) is 3.89. The number of para-hydroxylation sites is 2. The van der Waals surface area contributed by atoms with E-state index in [1.54, 1.807) is 16.5 Å². The number of thiazole rings is 1. The third kappa shape index (κ3) is 2.63. The molecule has 0 atom stereocenters. The highest BCUT2D eigenvalue weighted by Gasteiger charge is 2.19.